The van der Waals surface area contributed by atoms with Crippen molar-refractivity contribution in [2.45, 2.75) is 17.4 Å². The fourth-order valence-corrected chi connectivity index (χ4v) is 4.46. The first-order chi connectivity index (χ1) is 15.4. The lowest BCUT2D eigenvalue weighted by Crippen LogP contribution is -2.45. The van der Waals surface area contributed by atoms with E-state index in [1.165, 1.54) is 42.5 Å². The van der Waals surface area contributed by atoms with Crippen LogP contribution in [0, 0.1) is 5.82 Å². The van der Waals surface area contributed by atoms with Crippen LogP contribution in [0.25, 0.3) is 0 Å². The van der Waals surface area contributed by atoms with Gasteiger partial charge in [-0.3, -0.25) is 4.79 Å². The maximum atomic E-state index is 13.2. The minimum Gasteiger partial charge on any atom is -0.486 e. The molecule has 0 fully saturated rings. The van der Waals surface area contributed by atoms with Crippen LogP contribution < -0.4 is 19.5 Å². The van der Waals surface area contributed by atoms with E-state index in [1.54, 1.807) is 24.3 Å². The van der Waals surface area contributed by atoms with Crippen LogP contribution in [0.15, 0.2) is 77.7 Å². The van der Waals surface area contributed by atoms with Crippen molar-refractivity contribution in [3.05, 3.63) is 84.2 Å². The zero-order valence-electron chi connectivity index (χ0n) is 17.0. The van der Waals surface area contributed by atoms with Crippen molar-refractivity contribution in [3.63, 3.8) is 0 Å². The molecule has 0 saturated heterocycles. The quantitative estimate of drug-likeness (QED) is 0.570. The number of rotatable bonds is 7. The number of halogens is 1. The molecule has 7 nitrogen and oxygen atoms in total. The molecule has 0 aliphatic carbocycles. The molecule has 0 saturated carbocycles. The van der Waals surface area contributed by atoms with Crippen LogP contribution in [0.2, 0.25) is 0 Å². The van der Waals surface area contributed by atoms with Gasteiger partial charge in [0.1, 0.15) is 25.1 Å². The molecule has 3 aromatic rings. The minimum absolute atomic E-state index is 0.0469. The molecule has 0 bridgehead atoms. The van der Waals surface area contributed by atoms with Gasteiger partial charge in [-0.05, 0) is 48.4 Å². The highest BCUT2D eigenvalue weighted by atomic mass is 32.2. The SMILES string of the molecule is O=C(Nc1ccc(F)cc1)C(Cc1ccccc1)NS(=O)(=O)c1ccc2c(c1)OCCO2. The Balaban J connectivity index is 1.58. The van der Waals surface area contributed by atoms with Crippen molar-refractivity contribution < 1.29 is 27.1 Å². The zero-order valence-corrected chi connectivity index (χ0v) is 17.8. The third-order valence-electron chi connectivity index (χ3n) is 4.83. The van der Waals surface area contributed by atoms with E-state index in [-0.39, 0.29) is 11.3 Å². The molecular weight excluding hydrogens is 435 g/mol. The van der Waals surface area contributed by atoms with E-state index in [1.807, 2.05) is 6.07 Å². The third kappa shape index (κ3) is 5.24. The van der Waals surface area contributed by atoms with Crippen molar-refractivity contribution in [1.82, 2.24) is 4.72 Å². The Morgan fingerprint density at radius 3 is 2.34 bits per heavy atom. The number of anilines is 1. The van der Waals surface area contributed by atoms with Gasteiger partial charge < -0.3 is 14.8 Å². The van der Waals surface area contributed by atoms with Crippen LogP contribution in [0.5, 0.6) is 11.5 Å². The van der Waals surface area contributed by atoms with Gasteiger partial charge in [0.05, 0.1) is 4.90 Å². The first kappa shape index (κ1) is 21.8. The molecule has 1 amide bonds. The summed E-state index contributed by atoms with van der Waals surface area (Å²) >= 11 is 0. The van der Waals surface area contributed by atoms with Gasteiger partial charge in [0.25, 0.3) is 0 Å². The van der Waals surface area contributed by atoms with Gasteiger partial charge in [0, 0.05) is 11.8 Å². The number of amides is 1. The average Bonchev–Trinajstić information content (AvgIpc) is 2.80. The molecule has 9 heteroatoms. The molecule has 3 aromatic carbocycles. The average molecular weight is 456 g/mol. The van der Waals surface area contributed by atoms with E-state index in [0.717, 1.165) is 5.56 Å². The topological polar surface area (TPSA) is 93.7 Å². The lowest BCUT2D eigenvalue weighted by Gasteiger charge is -2.21. The third-order valence-corrected chi connectivity index (χ3v) is 6.30. The summed E-state index contributed by atoms with van der Waals surface area (Å²) in [6.45, 7) is 0.709. The summed E-state index contributed by atoms with van der Waals surface area (Å²) in [5, 5.41) is 2.64. The van der Waals surface area contributed by atoms with Crippen LogP contribution in [-0.4, -0.2) is 33.6 Å². The molecule has 1 unspecified atom stereocenters. The van der Waals surface area contributed by atoms with E-state index in [0.29, 0.717) is 30.4 Å². The molecular formula is C23H21FN2O5S. The maximum Gasteiger partial charge on any atom is 0.242 e. The number of carbonyl (C=O) groups is 1. The highest BCUT2D eigenvalue weighted by molar-refractivity contribution is 7.89. The fraction of sp³-hybridized carbons (Fsp3) is 0.174. The van der Waals surface area contributed by atoms with E-state index >= 15 is 0 Å². The summed E-state index contributed by atoms with van der Waals surface area (Å²) in [5.41, 5.74) is 1.13. The van der Waals surface area contributed by atoms with Crippen molar-refractivity contribution in [3.8, 4) is 11.5 Å². The molecule has 2 N–H and O–H groups in total. The number of sulfonamides is 1. The van der Waals surface area contributed by atoms with E-state index in [2.05, 4.69) is 10.0 Å². The van der Waals surface area contributed by atoms with Gasteiger partial charge in [-0.25, -0.2) is 12.8 Å². The van der Waals surface area contributed by atoms with Gasteiger partial charge in [0.15, 0.2) is 11.5 Å². The molecule has 0 spiro atoms. The summed E-state index contributed by atoms with van der Waals surface area (Å²) in [5.74, 6) is -0.218. The number of ether oxygens (including phenoxy) is 2. The fourth-order valence-electron chi connectivity index (χ4n) is 3.25. The summed E-state index contributed by atoms with van der Waals surface area (Å²) in [4.78, 5) is 12.9. The molecule has 1 aliphatic rings. The van der Waals surface area contributed by atoms with Crippen LogP contribution >= 0.6 is 0 Å². The predicted octanol–water partition coefficient (Wildman–Crippen LogP) is 3.13. The zero-order chi connectivity index (χ0) is 22.6. The van der Waals surface area contributed by atoms with Crippen LogP contribution in [0.4, 0.5) is 10.1 Å². The molecule has 32 heavy (non-hydrogen) atoms. The molecule has 0 aromatic heterocycles. The second-order valence-corrected chi connectivity index (χ2v) is 8.88. The van der Waals surface area contributed by atoms with Gasteiger partial charge in [-0.2, -0.15) is 4.72 Å². The monoisotopic (exact) mass is 456 g/mol. The standard InChI is InChI=1S/C23H21FN2O5S/c24-17-6-8-18(9-7-17)25-23(27)20(14-16-4-2-1-3-5-16)26-32(28,29)19-10-11-21-22(15-19)31-13-12-30-21/h1-11,15,20,26H,12-14H2,(H,25,27). The van der Waals surface area contributed by atoms with E-state index in [4.69, 9.17) is 9.47 Å². The summed E-state index contributed by atoms with van der Waals surface area (Å²) < 4.78 is 52.7. The molecule has 166 valence electrons. The lowest BCUT2D eigenvalue weighted by atomic mass is 10.1. The normalized spacial score (nSPS) is 13.9. The first-order valence-corrected chi connectivity index (χ1v) is 11.4. The summed E-state index contributed by atoms with van der Waals surface area (Å²) in [7, 11) is -4.06. The molecule has 0 radical (unpaired) electrons. The second-order valence-electron chi connectivity index (χ2n) is 7.17. The second kappa shape index (κ2) is 9.37. The van der Waals surface area contributed by atoms with Crippen molar-refractivity contribution in [2.24, 2.45) is 0 Å². The van der Waals surface area contributed by atoms with Crippen molar-refractivity contribution in [2.75, 3.05) is 18.5 Å². The van der Waals surface area contributed by atoms with Crippen LogP contribution in [-0.2, 0) is 21.2 Å². The van der Waals surface area contributed by atoms with Crippen molar-refractivity contribution in [1.29, 1.82) is 0 Å². The Hall–Kier alpha value is -3.43. The molecule has 4 rings (SSSR count). The number of fused-ring (bicyclic) bond motifs is 1. The van der Waals surface area contributed by atoms with Gasteiger partial charge in [-0.15, -0.1) is 0 Å². The van der Waals surface area contributed by atoms with Gasteiger partial charge in [-0.1, -0.05) is 30.3 Å². The highest BCUT2D eigenvalue weighted by Crippen LogP contribution is 2.32. The Morgan fingerprint density at radius 2 is 1.62 bits per heavy atom. The Labute approximate surface area is 185 Å². The first-order valence-electron chi connectivity index (χ1n) is 9.93. The van der Waals surface area contributed by atoms with E-state index in [9.17, 15) is 17.6 Å². The number of nitrogens with one attached hydrogen (secondary N) is 2. The Bertz CT molecular complexity index is 1200. The largest absolute Gasteiger partial charge is 0.486 e. The number of carbonyl (C=O) groups excluding carboxylic acids is 1. The van der Waals surface area contributed by atoms with Crippen LogP contribution in [0.3, 0.4) is 0 Å². The van der Waals surface area contributed by atoms with Crippen molar-refractivity contribution >= 4 is 21.6 Å². The summed E-state index contributed by atoms with van der Waals surface area (Å²) in [6.07, 6.45) is 0.123. The maximum absolute atomic E-state index is 13.2. The van der Waals surface area contributed by atoms with Crippen LogP contribution in [0.1, 0.15) is 5.56 Å². The highest BCUT2D eigenvalue weighted by Gasteiger charge is 2.27. The molecule has 1 heterocycles. The summed E-state index contributed by atoms with van der Waals surface area (Å²) in [6, 6.07) is 17.4. The molecule has 1 atom stereocenters. The number of hydrogen-bond acceptors (Lipinski definition) is 5. The van der Waals surface area contributed by atoms with Gasteiger partial charge >= 0.3 is 0 Å². The Morgan fingerprint density at radius 1 is 0.938 bits per heavy atom. The smallest absolute Gasteiger partial charge is 0.242 e. The number of benzene rings is 3. The van der Waals surface area contributed by atoms with E-state index < -0.39 is 27.8 Å². The Kier molecular flexibility index (Phi) is 6.38. The molecule has 1 aliphatic heterocycles. The number of hydrogen-bond donors (Lipinski definition) is 2. The predicted molar refractivity (Wildman–Crippen MR) is 117 cm³/mol. The lowest BCUT2D eigenvalue weighted by molar-refractivity contribution is -0.117. The van der Waals surface area contributed by atoms with Gasteiger partial charge in [0.2, 0.25) is 15.9 Å². The minimum atomic E-state index is -4.06.